The number of hydrogen-bond acceptors (Lipinski definition) is 5. The Morgan fingerprint density at radius 1 is 0.971 bits per heavy atom. The van der Waals surface area contributed by atoms with Gasteiger partial charge in [-0.05, 0) is 55.0 Å². The second kappa shape index (κ2) is 10.9. The molecule has 1 heterocycles. The van der Waals surface area contributed by atoms with Crippen molar-refractivity contribution in [3.05, 3.63) is 101 Å². The van der Waals surface area contributed by atoms with Crippen molar-refractivity contribution >= 4 is 29.3 Å². The lowest BCUT2D eigenvalue weighted by Gasteiger charge is -2.12. The minimum Gasteiger partial charge on any atom is -0.345 e. The lowest BCUT2D eigenvalue weighted by molar-refractivity contribution is -0.113. The van der Waals surface area contributed by atoms with Crippen LogP contribution in [0.2, 0.25) is 0 Å². The number of rotatable bonds is 8. The normalized spacial score (nSPS) is 10.7. The van der Waals surface area contributed by atoms with Crippen LogP contribution in [0, 0.1) is 18.6 Å². The molecule has 0 unspecified atom stereocenters. The molecule has 3 aromatic carbocycles. The van der Waals surface area contributed by atoms with E-state index in [2.05, 4.69) is 20.8 Å². The van der Waals surface area contributed by atoms with Gasteiger partial charge in [0.05, 0.1) is 18.0 Å². The van der Waals surface area contributed by atoms with Gasteiger partial charge in [-0.15, -0.1) is 10.2 Å². The van der Waals surface area contributed by atoms with Crippen LogP contribution < -0.4 is 10.6 Å². The summed E-state index contributed by atoms with van der Waals surface area (Å²) in [7, 11) is 0. The maximum absolute atomic E-state index is 13.8. The Bertz CT molecular complexity index is 1380. The first-order valence-corrected chi connectivity index (χ1v) is 11.6. The second-order valence-corrected chi connectivity index (χ2v) is 8.53. The maximum atomic E-state index is 13.8. The van der Waals surface area contributed by atoms with E-state index in [9.17, 15) is 18.4 Å². The summed E-state index contributed by atoms with van der Waals surface area (Å²) in [5.41, 5.74) is 2.03. The van der Waals surface area contributed by atoms with Crippen molar-refractivity contribution in [1.82, 2.24) is 20.1 Å². The summed E-state index contributed by atoms with van der Waals surface area (Å²) in [6, 6.07) is 18.9. The van der Waals surface area contributed by atoms with Crippen molar-refractivity contribution in [2.45, 2.75) is 18.6 Å². The Labute approximate surface area is 204 Å². The van der Waals surface area contributed by atoms with Gasteiger partial charge in [-0.2, -0.15) is 0 Å². The fraction of sp³-hybridized carbons (Fsp3) is 0.120. The number of hydrogen-bond donors (Lipinski definition) is 2. The highest BCUT2D eigenvalue weighted by atomic mass is 32.2. The molecule has 0 bridgehead atoms. The molecule has 0 atom stereocenters. The fourth-order valence-corrected chi connectivity index (χ4v) is 4.08. The van der Waals surface area contributed by atoms with E-state index < -0.39 is 23.4 Å². The molecule has 0 aliphatic rings. The molecule has 2 amide bonds. The van der Waals surface area contributed by atoms with Crippen LogP contribution in [0.4, 0.5) is 14.5 Å². The van der Waals surface area contributed by atoms with Crippen LogP contribution in [0.1, 0.15) is 21.7 Å². The predicted molar refractivity (Wildman–Crippen MR) is 129 cm³/mol. The number of carbonyl (C=O) groups excluding carboxylic acids is 2. The van der Waals surface area contributed by atoms with Crippen LogP contribution in [0.5, 0.6) is 0 Å². The lowest BCUT2D eigenvalue weighted by atomic mass is 10.2. The molecular weight excluding hydrogens is 472 g/mol. The zero-order valence-electron chi connectivity index (χ0n) is 18.7. The molecule has 7 nitrogen and oxygen atoms in total. The molecule has 2 N–H and O–H groups in total. The van der Waals surface area contributed by atoms with E-state index in [4.69, 9.17) is 0 Å². The highest BCUT2D eigenvalue weighted by Gasteiger charge is 2.18. The van der Waals surface area contributed by atoms with Crippen LogP contribution in [0.15, 0.2) is 78.0 Å². The molecule has 0 spiro atoms. The summed E-state index contributed by atoms with van der Waals surface area (Å²) in [6.07, 6.45) is 0. The SMILES string of the molecule is Cc1cccc(-n2c(CNC(=O)c3cccc(F)c3)nnc2SCC(=O)Nc2ccccc2F)c1. The molecule has 1 aromatic heterocycles. The average molecular weight is 494 g/mol. The van der Waals surface area contributed by atoms with Crippen LogP contribution in [0.3, 0.4) is 0 Å². The molecule has 0 fully saturated rings. The second-order valence-electron chi connectivity index (χ2n) is 7.58. The molecule has 0 aliphatic heterocycles. The van der Waals surface area contributed by atoms with Gasteiger partial charge in [0.15, 0.2) is 11.0 Å². The molecule has 10 heteroatoms. The van der Waals surface area contributed by atoms with Gasteiger partial charge in [0, 0.05) is 11.3 Å². The van der Waals surface area contributed by atoms with Crippen LogP contribution >= 0.6 is 11.8 Å². The van der Waals surface area contributed by atoms with Crippen LogP contribution in [0.25, 0.3) is 5.69 Å². The maximum Gasteiger partial charge on any atom is 0.251 e. The van der Waals surface area contributed by atoms with Crippen molar-refractivity contribution in [2.75, 3.05) is 11.1 Å². The Morgan fingerprint density at radius 2 is 1.77 bits per heavy atom. The number of benzene rings is 3. The molecular formula is C25H21F2N5O2S. The van der Waals surface area contributed by atoms with Crippen molar-refractivity contribution in [3.8, 4) is 5.69 Å². The van der Waals surface area contributed by atoms with Gasteiger partial charge in [-0.25, -0.2) is 8.78 Å². The number of nitrogens with zero attached hydrogens (tertiary/aromatic N) is 3. The molecule has 4 aromatic rings. The first-order chi connectivity index (χ1) is 16.9. The van der Waals surface area contributed by atoms with Crippen LogP contribution in [-0.4, -0.2) is 32.3 Å². The van der Waals surface area contributed by atoms with Crippen LogP contribution in [-0.2, 0) is 11.3 Å². The molecule has 178 valence electrons. The number of thioether (sulfide) groups is 1. The molecule has 35 heavy (non-hydrogen) atoms. The van der Waals surface area contributed by atoms with Gasteiger partial charge < -0.3 is 10.6 Å². The smallest absolute Gasteiger partial charge is 0.251 e. The number of anilines is 1. The van der Waals surface area contributed by atoms with E-state index in [1.165, 1.54) is 30.3 Å². The number of para-hydroxylation sites is 1. The van der Waals surface area contributed by atoms with Crippen molar-refractivity contribution in [3.63, 3.8) is 0 Å². The Morgan fingerprint density at radius 3 is 2.54 bits per heavy atom. The lowest BCUT2D eigenvalue weighted by Crippen LogP contribution is -2.24. The van der Waals surface area contributed by atoms with Gasteiger partial charge in [-0.3, -0.25) is 14.2 Å². The molecule has 4 rings (SSSR count). The summed E-state index contributed by atoms with van der Waals surface area (Å²) < 4.78 is 29.0. The van der Waals surface area contributed by atoms with Gasteiger partial charge in [0.2, 0.25) is 5.91 Å². The summed E-state index contributed by atoms with van der Waals surface area (Å²) in [5, 5.41) is 14.1. The van der Waals surface area contributed by atoms with E-state index in [0.29, 0.717) is 11.0 Å². The summed E-state index contributed by atoms with van der Waals surface area (Å²) in [4.78, 5) is 24.9. The summed E-state index contributed by atoms with van der Waals surface area (Å²) in [5.74, 6) is -1.49. The van der Waals surface area contributed by atoms with E-state index in [0.717, 1.165) is 29.1 Å². The monoisotopic (exact) mass is 493 g/mol. The number of aryl methyl sites for hydroxylation is 1. The quantitative estimate of drug-likeness (QED) is 0.353. The van der Waals surface area contributed by atoms with E-state index in [-0.39, 0.29) is 23.5 Å². The zero-order chi connectivity index (χ0) is 24.8. The van der Waals surface area contributed by atoms with E-state index in [1.54, 1.807) is 16.7 Å². The topological polar surface area (TPSA) is 88.9 Å². The van der Waals surface area contributed by atoms with Gasteiger partial charge in [-0.1, -0.05) is 42.1 Å². The third-order valence-corrected chi connectivity index (χ3v) is 5.86. The average Bonchev–Trinajstić information content (AvgIpc) is 3.25. The minimum atomic E-state index is -0.523. The first kappa shape index (κ1) is 24.1. The highest BCUT2D eigenvalue weighted by Crippen LogP contribution is 2.23. The van der Waals surface area contributed by atoms with E-state index >= 15 is 0 Å². The number of amides is 2. The minimum absolute atomic E-state index is 0.0261. The third kappa shape index (κ3) is 6.10. The highest BCUT2D eigenvalue weighted by molar-refractivity contribution is 7.99. The molecule has 0 aliphatic carbocycles. The third-order valence-electron chi connectivity index (χ3n) is 4.93. The fourth-order valence-electron chi connectivity index (χ4n) is 3.30. The summed E-state index contributed by atoms with van der Waals surface area (Å²) >= 11 is 1.13. The van der Waals surface area contributed by atoms with Crippen molar-refractivity contribution in [1.29, 1.82) is 0 Å². The number of halogens is 2. The Balaban J connectivity index is 1.52. The molecule has 0 saturated heterocycles. The molecule has 0 radical (unpaired) electrons. The van der Waals surface area contributed by atoms with Gasteiger partial charge in [0.25, 0.3) is 5.91 Å². The number of aromatic nitrogens is 3. The van der Waals surface area contributed by atoms with Crippen molar-refractivity contribution in [2.24, 2.45) is 0 Å². The Hall–Kier alpha value is -4.05. The van der Waals surface area contributed by atoms with E-state index in [1.807, 2.05) is 31.2 Å². The van der Waals surface area contributed by atoms with Gasteiger partial charge in [0.1, 0.15) is 11.6 Å². The number of carbonyl (C=O) groups is 2. The largest absolute Gasteiger partial charge is 0.345 e. The molecule has 0 saturated carbocycles. The van der Waals surface area contributed by atoms with Crippen molar-refractivity contribution < 1.29 is 18.4 Å². The van der Waals surface area contributed by atoms with Gasteiger partial charge >= 0.3 is 0 Å². The zero-order valence-corrected chi connectivity index (χ0v) is 19.5. The predicted octanol–water partition coefficient (Wildman–Crippen LogP) is 4.51. The summed E-state index contributed by atoms with van der Waals surface area (Å²) in [6.45, 7) is 1.96. The standard InChI is InChI=1S/C25H21F2N5O2S/c1-16-6-4-9-19(12-16)32-22(14-28-24(34)17-7-5-8-18(26)13-17)30-31-25(32)35-15-23(33)29-21-11-3-2-10-20(21)27/h2-13H,14-15H2,1H3,(H,28,34)(H,29,33). The number of nitrogens with one attached hydrogen (secondary N) is 2. The first-order valence-electron chi connectivity index (χ1n) is 10.6. The Kier molecular flexibility index (Phi) is 7.51.